The summed E-state index contributed by atoms with van der Waals surface area (Å²) in [5.74, 6) is -0.942. The molecule has 18 heavy (non-hydrogen) atoms. The summed E-state index contributed by atoms with van der Waals surface area (Å²) in [7, 11) is 0. The Morgan fingerprint density at radius 3 is 2.28 bits per heavy atom. The maximum atomic E-state index is 12.8. The number of carbonyl (C=O) groups is 1. The van der Waals surface area contributed by atoms with Crippen LogP contribution >= 0.6 is 0 Å². The Morgan fingerprint density at radius 2 is 1.89 bits per heavy atom. The van der Waals surface area contributed by atoms with E-state index in [1.807, 2.05) is 0 Å². The zero-order chi connectivity index (χ0) is 13.9. The van der Waals surface area contributed by atoms with Gasteiger partial charge in [-0.15, -0.1) is 0 Å². The van der Waals surface area contributed by atoms with Crippen molar-refractivity contribution in [3.63, 3.8) is 0 Å². The molecule has 0 aromatic heterocycles. The Kier molecular flexibility index (Phi) is 4.69. The van der Waals surface area contributed by atoms with E-state index in [-0.39, 0.29) is 17.5 Å². The van der Waals surface area contributed by atoms with E-state index in [0.29, 0.717) is 0 Å². The van der Waals surface area contributed by atoms with E-state index < -0.39 is 30.1 Å². The summed E-state index contributed by atoms with van der Waals surface area (Å²) in [6.07, 6.45) is -2.77. The van der Waals surface area contributed by atoms with E-state index in [1.165, 1.54) is 13.0 Å². The van der Waals surface area contributed by atoms with E-state index >= 15 is 0 Å². The van der Waals surface area contributed by atoms with Gasteiger partial charge in [-0.2, -0.15) is 8.78 Å². The molecule has 1 aromatic rings. The largest absolute Gasteiger partial charge is 0.434 e. The van der Waals surface area contributed by atoms with Crippen LogP contribution in [0.5, 0.6) is 5.75 Å². The summed E-state index contributed by atoms with van der Waals surface area (Å²) in [5, 5.41) is 0. The minimum absolute atomic E-state index is 0.0590. The van der Waals surface area contributed by atoms with E-state index in [2.05, 4.69) is 4.74 Å². The smallest absolute Gasteiger partial charge is 0.387 e. The SMILES string of the molecule is CCc1cc(C(C)=O)cc(C(F)F)c1OC(F)F. The first-order valence-corrected chi connectivity index (χ1v) is 5.27. The summed E-state index contributed by atoms with van der Waals surface area (Å²) in [4.78, 5) is 11.2. The van der Waals surface area contributed by atoms with Gasteiger partial charge in [0.2, 0.25) is 0 Å². The van der Waals surface area contributed by atoms with E-state index in [9.17, 15) is 22.4 Å². The zero-order valence-electron chi connectivity index (χ0n) is 9.84. The molecule has 0 aliphatic carbocycles. The van der Waals surface area contributed by atoms with E-state index in [1.54, 1.807) is 6.92 Å². The van der Waals surface area contributed by atoms with Crippen LogP contribution in [0.3, 0.4) is 0 Å². The molecule has 2 nitrogen and oxygen atoms in total. The molecule has 0 radical (unpaired) electrons. The van der Waals surface area contributed by atoms with Crippen LogP contribution in [0.4, 0.5) is 17.6 Å². The van der Waals surface area contributed by atoms with Crippen molar-refractivity contribution in [1.29, 1.82) is 0 Å². The van der Waals surface area contributed by atoms with Crippen molar-refractivity contribution in [1.82, 2.24) is 0 Å². The highest BCUT2D eigenvalue weighted by atomic mass is 19.3. The number of ketones is 1. The molecule has 0 heterocycles. The van der Waals surface area contributed by atoms with Gasteiger partial charge < -0.3 is 4.74 Å². The van der Waals surface area contributed by atoms with Gasteiger partial charge >= 0.3 is 6.61 Å². The molecule has 0 amide bonds. The monoisotopic (exact) mass is 264 g/mol. The number of rotatable bonds is 5. The Hall–Kier alpha value is -1.59. The van der Waals surface area contributed by atoms with Crippen LogP contribution < -0.4 is 4.74 Å². The van der Waals surface area contributed by atoms with E-state index in [0.717, 1.165) is 6.07 Å². The van der Waals surface area contributed by atoms with E-state index in [4.69, 9.17) is 0 Å². The predicted molar refractivity (Wildman–Crippen MR) is 57.4 cm³/mol. The Morgan fingerprint density at radius 1 is 1.28 bits per heavy atom. The van der Waals surface area contributed by atoms with Crippen LogP contribution in [0.25, 0.3) is 0 Å². The lowest BCUT2D eigenvalue weighted by atomic mass is 10.0. The molecule has 0 saturated carbocycles. The molecule has 0 fully saturated rings. The fourth-order valence-electron chi connectivity index (χ4n) is 1.57. The van der Waals surface area contributed by atoms with Gasteiger partial charge in [-0.1, -0.05) is 6.92 Å². The summed E-state index contributed by atoms with van der Waals surface area (Å²) in [6.45, 7) is -0.360. The summed E-state index contributed by atoms with van der Waals surface area (Å²) < 4.78 is 54.2. The Labute approximate surface area is 102 Å². The highest BCUT2D eigenvalue weighted by Gasteiger charge is 2.22. The van der Waals surface area contributed by atoms with Gasteiger partial charge in [0.05, 0.1) is 5.56 Å². The third-order valence-electron chi connectivity index (χ3n) is 2.42. The van der Waals surface area contributed by atoms with Crippen LogP contribution in [0.1, 0.15) is 41.8 Å². The molecular weight excluding hydrogens is 252 g/mol. The lowest BCUT2D eigenvalue weighted by Crippen LogP contribution is -2.09. The number of carbonyl (C=O) groups excluding carboxylic acids is 1. The highest BCUT2D eigenvalue weighted by Crippen LogP contribution is 2.35. The van der Waals surface area contributed by atoms with Gasteiger partial charge in [-0.3, -0.25) is 4.79 Å². The Bertz CT molecular complexity index is 444. The molecule has 0 atom stereocenters. The van der Waals surface area contributed by atoms with Gasteiger partial charge in [-0.05, 0) is 31.0 Å². The first kappa shape index (κ1) is 14.5. The van der Waals surface area contributed by atoms with Crippen LogP contribution in [0.2, 0.25) is 0 Å². The van der Waals surface area contributed by atoms with Crippen LogP contribution in [-0.4, -0.2) is 12.4 Å². The summed E-state index contributed by atoms with van der Waals surface area (Å²) >= 11 is 0. The third-order valence-corrected chi connectivity index (χ3v) is 2.42. The maximum Gasteiger partial charge on any atom is 0.387 e. The number of aryl methyl sites for hydroxylation is 1. The average molecular weight is 264 g/mol. The molecule has 1 rings (SSSR count). The summed E-state index contributed by atoms with van der Waals surface area (Å²) in [5.41, 5.74) is -0.457. The van der Waals surface area contributed by atoms with Gasteiger partial charge in [0.15, 0.2) is 5.78 Å². The number of hydrogen-bond donors (Lipinski definition) is 0. The molecule has 1 aromatic carbocycles. The van der Waals surface area contributed by atoms with Crippen LogP contribution in [0, 0.1) is 0 Å². The lowest BCUT2D eigenvalue weighted by Gasteiger charge is -2.15. The minimum Gasteiger partial charge on any atom is -0.434 e. The van der Waals surface area contributed by atoms with Crippen LogP contribution in [0.15, 0.2) is 12.1 Å². The Balaban J connectivity index is 3.40. The molecule has 0 aliphatic heterocycles. The average Bonchev–Trinajstić information content (AvgIpc) is 2.27. The number of alkyl halides is 4. The third kappa shape index (κ3) is 3.21. The topological polar surface area (TPSA) is 26.3 Å². The summed E-state index contributed by atoms with van der Waals surface area (Å²) in [6, 6.07) is 2.19. The van der Waals surface area contributed by atoms with Gasteiger partial charge in [-0.25, -0.2) is 8.78 Å². The van der Waals surface area contributed by atoms with Crippen molar-refractivity contribution in [2.75, 3.05) is 0 Å². The number of ether oxygens (including phenoxy) is 1. The van der Waals surface area contributed by atoms with Crippen LogP contribution in [-0.2, 0) is 6.42 Å². The molecule has 0 bridgehead atoms. The molecule has 0 N–H and O–H groups in total. The molecule has 0 spiro atoms. The number of benzene rings is 1. The standard InChI is InChI=1S/C12H12F4O2/c1-3-7-4-8(6(2)17)5-9(11(13)14)10(7)18-12(15)16/h4-5,11-12H,3H2,1-2H3. The number of halogens is 4. The molecule has 0 aliphatic rings. The number of hydrogen-bond acceptors (Lipinski definition) is 2. The van der Waals surface area contributed by atoms with Gasteiger partial charge in [0, 0.05) is 5.56 Å². The van der Waals surface area contributed by atoms with Crippen molar-refractivity contribution in [3.8, 4) is 5.75 Å². The number of Topliss-reactive ketones (excluding diaryl/α,β-unsaturated/α-hetero) is 1. The first-order chi connectivity index (χ1) is 8.36. The van der Waals surface area contributed by atoms with Crippen molar-refractivity contribution < 1.29 is 27.1 Å². The predicted octanol–water partition coefficient (Wildman–Crippen LogP) is 3.99. The quantitative estimate of drug-likeness (QED) is 0.593. The van der Waals surface area contributed by atoms with Crippen molar-refractivity contribution >= 4 is 5.78 Å². The minimum atomic E-state index is -3.18. The maximum absolute atomic E-state index is 12.8. The van der Waals surface area contributed by atoms with Crippen molar-refractivity contribution in [2.45, 2.75) is 33.3 Å². The lowest BCUT2D eigenvalue weighted by molar-refractivity contribution is -0.0525. The zero-order valence-corrected chi connectivity index (χ0v) is 9.84. The highest BCUT2D eigenvalue weighted by molar-refractivity contribution is 5.94. The second kappa shape index (κ2) is 5.84. The molecule has 100 valence electrons. The molecule has 0 saturated heterocycles. The van der Waals surface area contributed by atoms with Crippen molar-refractivity contribution in [3.05, 3.63) is 28.8 Å². The molecular formula is C12H12F4O2. The second-order valence-corrected chi connectivity index (χ2v) is 3.64. The van der Waals surface area contributed by atoms with Gasteiger partial charge in [0.1, 0.15) is 5.75 Å². The second-order valence-electron chi connectivity index (χ2n) is 3.64. The van der Waals surface area contributed by atoms with Gasteiger partial charge in [0.25, 0.3) is 6.43 Å². The fraction of sp³-hybridized carbons (Fsp3) is 0.417. The molecule has 0 unspecified atom stereocenters. The van der Waals surface area contributed by atoms with Crippen molar-refractivity contribution in [2.24, 2.45) is 0 Å². The first-order valence-electron chi connectivity index (χ1n) is 5.27. The normalized spacial score (nSPS) is 11.1. The fourth-order valence-corrected chi connectivity index (χ4v) is 1.57. The molecule has 6 heteroatoms.